The maximum absolute atomic E-state index is 13.3. The number of Topliss-reactive ketones (excluding diaryl/α,β-unsaturated/α-hetero) is 1. The lowest BCUT2D eigenvalue weighted by Crippen LogP contribution is -2.30. The number of pyridine rings is 1. The second kappa shape index (κ2) is 8.58. The lowest BCUT2D eigenvalue weighted by atomic mass is 9.87. The molecule has 1 atom stereocenters. The molecule has 3 aromatic rings. The number of anilines is 1. The van der Waals surface area contributed by atoms with E-state index in [2.05, 4.69) is 25.8 Å². The second-order valence-corrected chi connectivity index (χ2v) is 9.58. The molecule has 0 saturated carbocycles. The Balaban J connectivity index is 1.65. The molecular formula is C28H26N2O5. The fraction of sp³-hybridized carbons (Fsp3) is 0.250. The standard InChI is InChI=1S/C28H26N2O5/c1-28(2,3)18-8-10-19(11-9-18)30-24(20-6-4-5-13-29-20)23(26(32)27(30)33)25(31)17-7-12-21-22(16-17)35-15-14-34-21/h4-13,16,24,31H,14-15H2,1-3H3/b25-23-. The van der Waals surface area contributed by atoms with Crippen molar-refractivity contribution >= 4 is 23.1 Å². The largest absolute Gasteiger partial charge is 0.507 e. The van der Waals surface area contributed by atoms with E-state index < -0.39 is 17.7 Å². The first-order chi connectivity index (χ1) is 16.8. The Hall–Kier alpha value is -4.13. The first-order valence-electron chi connectivity index (χ1n) is 11.5. The molecule has 0 radical (unpaired) electrons. The van der Waals surface area contributed by atoms with Gasteiger partial charge in [-0.25, -0.2) is 0 Å². The molecule has 1 amide bonds. The van der Waals surface area contributed by atoms with E-state index in [1.165, 1.54) is 4.90 Å². The van der Waals surface area contributed by atoms with Gasteiger partial charge >= 0.3 is 0 Å². The number of amides is 1. The summed E-state index contributed by atoms with van der Waals surface area (Å²) in [5, 5.41) is 11.3. The van der Waals surface area contributed by atoms with Gasteiger partial charge in [0.05, 0.1) is 11.3 Å². The predicted molar refractivity (Wildman–Crippen MR) is 132 cm³/mol. The van der Waals surface area contributed by atoms with Crippen LogP contribution in [0.4, 0.5) is 5.69 Å². The summed E-state index contributed by atoms with van der Waals surface area (Å²) in [6, 6.07) is 16.9. The summed E-state index contributed by atoms with van der Waals surface area (Å²) in [5.41, 5.74) is 2.40. The molecule has 7 nitrogen and oxygen atoms in total. The van der Waals surface area contributed by atoms with Crippen LogP contribution >= 0.6 is 0 Å². The van der Waals surface area contributed by atoms with Crippen molar-refractivity contribution in [2.24, 2.45) is 0 Å². The summed E-state index contributed by atoms with van der Waals surface area (Å²) in [6.07, 6.45) is 1.60. The van der Waals surface area contributed by atoms with E-state index in [4.69, 9.17) is 9.47 Å². The highest BCUT2D eigenvalue weighted by Gasteiger charge is 2.47. The van der Waals surface area contributed by atoms with Gasteiger partial charge in [-0.1, -0.05) is 39.0 Å². The third kappa shape index (κ3) is 4.03. The first-order valence-corrected chi connectivity index (χ1v) is 11.5. The van der Waals surface area contributed by atoms with E-state index in [0.717, 1.165) is 5.56 Å². The fourth-order valence-corrected chi connectivity index (χ4v) is 4.38. The molecule has 5 rings (SSSR count). The van der Waals surface area contributed by atoms with Crippen LogP contribution in [0.2, 0.25) is 0 Å². The Morgan fingerprint density at radius 2 is 1.69 bits per heavy atom. The average Bonchev–Trinajstić information content (AvgIpc) is 3.13. The average molecular weight is 471 g/mol. The number of benzene rings is 2. The van der Waals surface area contributed by atoms with E-state index in [1.807, 2.05) is 24.3 Å². The Morgan fingerprint density at radius 1 is 0.971 bits per heavy atom. The van der Waals surface area contributed by atoms with Crippen LogP contribution in [-0.2, 0) is 15.0 Å². The van der Waals surface area contributed by atoms with E-state index in [1.54, 1.807) is 42.6 Å². The molecule has 2 aliphatic heterocycles. The van der Waals surface area contributed by atoms with Gasteiger partial charge in [-0.15, -0.1) is 0 Å². The third-order valence-corrected chi connectivity index (χ3v) is 6.24. The molecule has 0 bridgehead atoms. The van der Waals surface area contributed by atoms with Gasteiger partial charge in [0.15, 0.2) is 11.5 Å². The molecule has 1 N–H and O–H groups in total. The van der Waals surface area contributed by atoms with Crippen molar-refractivity contribution in [2.75, 3.05) is 18.1 Å². The first kappa shape index (κ1) is 22.7. The number of nitrogens with zero attached hydrogens (tertiary/aromatic N) is 2. The summed E-state index contributed by atoms with van der Waals surface area (Å²) >= 11 is 0. The van der Waals surface area contributed by atoms with Gasteiger partial charge in [-0.2, -0.15) is 0 Å². The minimum Gasteiger partial charge on any atom is -0.507 e. The molecule has 2 aliphatic rings. The maximum atomic E-state index is 13.3. The molecule has 1 unspecified atom stereocenters. The molecule has 35 heavy (non-hydrogen) atoms. The Kier molecular flexibility index (Phi) is 5.55. The molecule has 1 fully saturated rings. The molecule has 3 heterocycles. The van der Waals surface area contributed by atoms with Crippen LogP contribution in [0, 0.1) is 0 Å². The quantitative estimate of drug-likeness (QED) is 0.337. The minimum atomic E-state index is -0.884. The summed E-state index contributed by atoms with van der Waals surface area (Å²) in [6.45, 7) is 7.15. The van der Waals surface area contributed by atoms with Crippen molar-refractivity contribution in [3.63, 3.8) is 0 Å². The number of aromatic nitrogens is 1. The Labute approximate surface area is 203 Å². The summed E-state index contributed by atoms with van der Waals surface area (Å²) < 4.78 is 11.2. The van der Waals surface area contributed by atoms with E-state index in [0.29, 0.717) is 41.7 Å². The number of fused-ring (bicyclic) bond motifs is 1. The Bertz CT molecular complexity index is 1320. The van der Waals surface area contributed by atoms with Crippen molar-refractivity contribution in [2.45, 2.75) is 32.2 Å². The molecule has 178 valence electrons. The molecule has 1 saturated heterocycles. The van der Waals surface area contributed by atoms with Gasteiger partial charge in [-0.3, -0.25) is 19.5 Å². The highest BCUT2D eigenvalue weighted by Crippen LogP contribution is 2.43. The lowest BCUT2D eigenvalue weighted by molar-refractivity contribution is -0.132. The summed E-state index contributed by atoms with van der Waals surface area (Å²) in [5.74, 6) is -0.740. The zero-order valence-electron chi connectivity index (χ0n) is 19.8. The summed E-state index contributed by atoms with van der Waals surface area (Å²) in [4.78, 5) is 32.4. The smallest absolute Gasteiger partial charge is 0.300 e. The van der Waals surface area contributed by atoms with Gasteiger partial charge < -0.3 is 14.6 Å². The number of carbonyl (C=O) groups is 2. The molecule has 0 spiro atoms. The Morgan fingerprint density at radius 3 is 2.34 bits per heavy atom. The van der Waals surface area contributed by atoms with Crippen molar-refractivity contribution in [3.8, 4) is 11.5 Å². The molecule has 0 aliphatic carbocycles. The van der Waals surface area contributed by atoms with Crippen LogP contribution in [0.5, 0.6) is 11.5 Å². The van der Waals surface area contributed by atoms with E-state index in [-0.39, 0.29) is 16.7 Å². The number of rotatable bonds is 3. The van der Waals surface area contributed by atoms with Crippen LogP contribution in [0.3, 0.4) is 0 Å². The van der Waals surface area contributed by atoms with Gasteiger partial charge in [0, 0.05) is 17.4 Å². The molecular weight excluding hydrogens is 444 g/mol. The zero-order valence-corrected chi connectivity index (χ0v) is 19.8. The van der Waals surface area contributed by atoms with Crippen LogP contribution in [0.1, 0.15) is 43.6 Å². The van der Waals surface area contributed by atoms with Crippen LogP contribution in [0.25, 0.3) is 5.76 Å². The summed E-state index contributed by atoms with van der Waals surface area (Å²) in [7, 11) is 0. The SMILES string of the molecule is CC(C)(C)c1ccc(N2C(=O)C(=O)/C(=C(\O)c3ccc4c(c3)OCCO4)C2c2ccccn2)cc1. The minimum absolute atomic E-state index is 0.0229. The number of ketones is 1. The van der Waals surface area contributed by atoms with Gasteiger partial charge in [0.25, 0.3) is 11.7 Å². The number of ether oxygens (including phenoxy) is 2. The van der Waals surface area contributed by atoms with Crippen LogP contribution in [-0.4, -0.2) is 35.0 Å². The highest BCUT2D eigenvalue weighted by molar-refractivity contribution is 6.51. The number of hydrogen-bond donors (Lipinski definition) is 1. The monoisotopic (exact) mass is 470 g/mol. The fourth-order valence-electron chi connectivity index (χ4n) is 4.38. The van der Waals surface area contributed by atoms with E-state index >= 15 is 0 Å². The van der Waals surface area contributed by atoms with E-state index in [9.17, 15) is 14.7 Å². The van der Waals surface area contributed by atoms with Gasteiger partial charge in [0.1, 0.15) is 25.0 Å². The van der Waals surface area contributed by atoms with Crippen molar-refractivity contribution in [1.82, 2.24) is 4.98 Å². The van der Waals surface area contributed by atoms with Gasteiger partial charge in [-0.05, 0) is 53.4 Å². The molecule has 2 aromatic carbocycles. The van der Waals surface area contributed by atoms with Crippen LogP contribution in [0.15, 0.2) is 72.4 Å². The number of carbonyl (C=O) groups excluding carboxylic acids is 2. The third-order valence-electron chi connectivity index (χ3n) is 6.24. The topological polar surface area (TPSA) is 89.0 Å². The normalized spacial score (nSPS) is 19.2. The van der Waals surface area contributed by atoms with Crippen molar-refractivity contribution in [1.29, 1.82) is 0 Å². The maximum Gasteiger partial charge on any atom is 0.300 e. The van der Waals surface area contributed by atoms with Gasteiger partial charge in [0.2, 0.25) is 0 Å². The van der Waals surface area contributed by atoms with Crippen LogP contribution < -0.4 is 14.4 Å². The highest BCUT2D eigenvalue weighted by atomic mass is 16.6. The number of hydrogen-bond acceptors (Lipinski definition) is 6. The van der Waals surface area contributed by atoms with Crippen molar-refractivity contribution in [3.05, 3.63) is 89.3 Å². The predicted octanol–water partition coefficient (Wildman–Crippen LogP) is 4.78. The zero-order chi connectivity index (χ0) is 24.7. The lowest BCUT2D eigenvalue weighted by Gasteiger charge is -2.26. The number of aliphatic hydroxyl groups is 1. The molecule has 7 heteroatoms. The molecule has 1 aromatic heterocycles. The second-order valence-electron chi connectivity index (χ2n) is 9.58. The van der Waals surface area contributed by atoms with Crippen molar-refractivity contribution < 1.29 is 24.2 Å². The number of aliphatic hydroxyl groups excluding tert-OH is 1.